The molecule has 0 spiro atoms. The zero-order chi connectivity index (χ0) is 23.3. The summed E-state index contributed by atoms with van der Waals surface area (Å²) in [4.78, 5) is 26.6. The van der Waals surface area contributed by atoms with Crippen molar-refractivity contribution < 1.29 is 22.4 Å². The van der Waals surface area contributed by atoms with E-state index in [0.29, 0.717) is 5.56 Å². The van der Waals surface area contributed by atoms with E-state index in [4.69, 9.17) is 23.2 Å². The van der Waals surface area contributed by atoms with Gasteiger partial charge in [-0.1, -0.05) is 35.3 Å². The number of nitrogens with one attached hydrogen (secondary N) is 1. The number of carbonyl (C=O) groups excluding carboxylic acids is 2. The lowest BCUT2D eigenvalue weighted by atomic mass is 10.1. The molecule has 2 aromatic rings. The second-order valence-electron chi connectivity index (χ2n) is 6.84. The number of likely N-dealkylation sites (N-methyl/N-ethyl adjacent to an activating group) is 1. The molecule has 0 fully saturated rings. The fourth-order valence-electron chi connectivity index (χ4n) is 2.87. The molecule has 0 heterocycles. The number of hydrogen-bond donors (Lipinski definition) is 1. The first kappa shape index (κ1) is 24.9. The fraction of sp³-hybridized carbons (Fsp3) is 0.300. The Kier molecular flexibility index (Phi) is 8.27. The molecule has 0 unspecified atom stereocenters. The summed E-state index contributed by atoms with van der Waals surface area (Å²) in [6.07, 6.45) is 0.946. The molecule has 7 nitrogen and oxygen atoms in total. The highest BCUT2D eigenvalue weighted by Gasteiger charge is 2.30. The summed E-state index contributed by atoms with van der Waals surface area (Å²) >= 11 is 12.0. The van der Waals surface area contributed by atoms with E-state index in [1.165, 1.54) is 61.3 Å². The van der Waals surface area contributed by atoms with Gasteiger partial charge < -0.3 is 10.2 Å². The van der Waals surface area contributed by atoms with Crippen LogP contribution in [-0.4, -0.2) is 51.0 Å². The van der Waals surface area contributed by atoms with Crippen molar-refractivity contribution in [3.05, 3.63) is 63.9 Å². The molecule has 0 aliphatic heterocycles. The van der Waals surface area contributed by atoms with E-state index in [1.807, 2.05) is 0 Å². The Morgan fingerprint density at radius 2 is 1.65 bits per heavy atom. The molecule has 2 aromatic carbocycles. The summed E-state index contributed by atoms with van der Waals surface area (Å²) in [5, 5.41) is 2.86. The Balaban J connectivity index is 2.40. The van der Waals surface area contributed by atoms with Crippen LogP contribution >= 0.6 is 23.2 Å². The van der Waals surface area contributed by atoms with Gasteiger partial charge in [0.1, 0.15) is 18.4 Å². The van der Waals surface area contributed by atoms with Crippen molar-refractivity contribution >= 4 is 50.7 Å². The van der Waals surface area contributed by atoms with Crippen LogP contribution in [-0.2, 0) is 26.2 Å². The van der Waals surface area contributed by atoms with Crippen molar-refractivity contribution in [2.75, 3.05) is 24.2 Å². The molecule has 0 saturated carbocycles. The maximum absolute atomic E-state index is 13.2. The van der Waals surface area contributed by atoms with Gasteiger partial charge in [0, 0.05) is 23.6 Å². The molecule has 168 valence electrons. The Morgan fingerprint density at radius 1 is 1.10 bits per heavy atom. The van der Waals surface area contributed by atoms with Gasteiger partial charge in [0.2, 0.25) is 21.8 Å². The molecular weight excluding hydrogens is 468 g/mol. The summed E-state index contributed by atoms with van der Waals surface area (Å²) in [5.41, 5.74) is 0.685. The maximum atomic E-state index is 13.2. The van der Waals surface area contributed by atoms with Gasteiger partial charge in [-0.15, -0.1) is 0 Å². The molecule has 0 aliphatic rings. The topological polar surface area (TPSA) is 86.8 Å². The van der Waals surface area contributed by atoms with E-state index in [2.05, 4.69) is 5.32 Å². The highest BCUT2D eigenvalue weighted by molar-refractivity contribution is 7.92. The largest absolute Gasteiger partial charge is 0.357 e. The summed E-state index contributed by atoms with van der Waals surface area (Å²) in [7, 11) is -2.46. The van der Waals surface area contributed by atoms with Crippen LogP contribution in [0, 0.1) is 5.82 Å². The number of sulfonamides is 1. The predicted molar refractivity (Wildman–Crippen MR) is 119 cm³/mol. The molecule has 1 N–H and O–H groups in total. The second-order valence-corrected chi connectivity index (χ2v) is 9.62. The molecule has 0 bridgehead atoms. The molecule has 0 aromatic heterocycles. The van der Waals surface area contributed by atoms with E-state index >= 15 is 0 Å². The number of benzene rings is 2. The van der Waals surface area contributed by atoms with Crippen LogP contribution in [0.25, 0.3) is 0 Å². The monoisotopic (exact) mass is 489 g/mol. The zero-order valence-corrected chi connectivity index (χ0v) is 19.4. The van der Waals surface area contributed by atoms with Gasteiger partial charge in [0.15, 0.2) is 0 Å². The molecule has 2 amide bonds. The van der Waals surface area contributed by atoms with E-state index in [1.54, 1.807) is 0 Å². The van der Waals surface area contributed by atoms with Crippen LogP contribution in [0.5, 0.6) is 0 Å². The first-order chi connectivity index (χ1) is 14.4. The first-order valence-electron chi connectivity index (χ1n) is 9.11. The summed E-state index contributed by atoms with van der Waals surface area (Å²) in [6, 6.07) is 8.70. The van der Waals surface area contributed by atoms with Crippen LogP contribution in [0.15, 0.2) is 42.5 Å². The number of nitrogens with zero attached hydrogens (tertiary/aromatic N) is 2. The molecule has 0 aliphatic carbocycles. The lowest BCUT2D eigenvalue weighted by Gasteiger charge is -2.31. The number of halogens is 3. The van der Waals surface area contributed by atoms with Crippen molar-refractivity contribution in [1.82, 2.24) is 10.2 Å². The number of hydrogen-bond acceptors (Lipinski definition) is 4. The van der Waals surface area contributed by atoms with Gasteiger partial charge in [-0.25, -0.2) is 12.8 Å². The quantitative estimate of drug-likeness (QED) is 0.617. The van der Waals surface area contributed by atoms with Gasteiger partial charge in [-0.05, 0) is 42.8 Å². The second kappa shape index (κ2) is 10.3. The standard InChI is InChI=1S/C20H22Cl2FN3O4S/c1-13(20(28)24-2)25(11-14-4-6-17(23)7-5-14)19(27)12-26(31(3,29)30)18-9-15(21)8-16(22)10-18/h4-10,13H,11-12H2,1-3H3,(H,24,28)/t13-/m1/s1. The van der Waals surface area contributed by atoms with Crippen molar-refractivity contribution in [2.45, 2.75) is 19.5 Å². The predicted octanol–water partition coefficient (Wildman–Crippen LogP) is 3.06. The Morgan fingerprint density at radius 3 is 2.13 bits per heavy atom. The van der Waals surface area contributed by atoms with Crippen molar-refractivity contribution in [2.24, 2.45) is 0 Å². The number of anilines is 1. The van der Waals surface area contributed by atoms with Crippen molar-refractivity contribution in [3.8, 4) is 0 Å². The van der Waals surface area contributed by atoms with E-state index in [9.17, 15) is 22.4 Å². The van der Waals surface area contributed by atoms with Crippen molar-refractivity contribution in [3.63, 3.8) is 0 Å². The lowest BCUT2D eigenvalue weighted by molar-refractivity contribution is -0.139. The molecule has 1 atom stereocenters. The molecular formula is C20H22Cl2FN3O4S. The first-order valence-corrected chi connectivity index (χ1v) is 11.7. The molecule has 0 saturated heterocycles. The Labute approximate surface area is 190 Å². The summed E-state index contributed by atoms with van der Waals surface area (Å²) in [6.45, 7) is 0.904. The zero-order valence-electron chi connectivity index (χ0n) is 17.1. The molecule has 11 heteroatoms. The molecule has 31 heavy (non-hydrogen) atoms. The third-order valence-electron chi connectivity index (χ3n) is 4.49. The smallest absolute Gasteiger partial charge is 0.244 e. The van der Waals surface area contributed by atoms with Gasteiger partial charge in [0.25, 0.3) is 0 Å². The maximum Gasteiger partial charge on any atom is 0.244 e. The van der Waals surface area contributed by atoms with E-state index < -0.39 is 40.2 Å². The van der Waals surface area contributed by atoms with Crippen LogP contribution in [0.1, 0.15) is 12.5 Å². The van der Waals surface area contributed by atoms with Crippen LogP contribution < -0.4 is 9.62 Å². The SMILES string of the molecule is CNC(=O)[C@@H](C)N(Cc1ccc(F)cc1)C(=O)CN(c1cc(Cl)cc(Cl)c1)S(C)(=O)=O. The van der Waals surface area contributed by atoms with E-state index in [0.717, 1.165) is 10.6 Å². The summed E-state index contributed by atoms with van der Waals surface area (Å²) < 4.78 is 38.9. The third kappa shape index (κ3) is 6.81. The Hall–Kier alpha value is -2.36. The highest BCUT2D eigenvalue weighted by atomic mass is 35.5. The Bertz CT molecular complexity index is 1040. The minimum absolute atomic E-state index is 0.0262. The minimum Gasteiger partial charge on any atom is -0.357 e. The number of amides is 2. The van der Waals surface area contributed by atoms with Gasteiger partial charge >= 0.3 is 0 Å². The van der Waals surface area contributed by atoms with Gasteiger partial charge in [0.05, 0.1) is 11.9 Å². The number of carbonyl (C=O) groups is 2. The van der Waals surface area contributed by atoms with Crippen molar-refractivity contribution in [1.29, 1.82) is 0 Å². The average Bonchev–Trinajstić information content (AvgIpc) is 2.68. The summed E-state index contributed by atoms with van der Waals surface area (Å²) in [5.74, 6) is -1.52. The average molecular weight is 490 g/mol. The van der Waals surface area contributed by atoms with Gasteiger partial charge in [-0.3, -0.25) is 13.9 Å². The molecule has 2 rings (SSSR count). The van der Waals surface area contributed by atoms with Gasteiger partial charge in [-0.2, -0.15) is 0 Å². The minimum atomic E-state index is -3.89. The van der Waals surface area contributed by atoms with Crippen LogP contribution in [0.4, 0.5) is 10.1 Å². The van der Waals surface area contributed by atoms with E-state index in [-0.39, 0.29) is 22.3 Å². The van der Waals surface area contributed by atoms with Crippen LogP contribution in [0.2, 0.25) is 10.0 Å². The fourth-order valence-corrected chi connectivity index (χ4v) is 4.22. The third-order valence-corrected chi connectivity index (χ3v) is 6.07. The molecule has 0 radical (unpaired) electrons. The highest BCUT2D eigenvalue weighted by Crippen LogP contribution is 2.27. The van der Waals surface area contributed by atoms with Crippen LogP contribution in [0.3, 0.4) is 0 Å². The lowest BCUT2D eigenvalue weighted by Crippen LogP contribution is -2.50. The number of rotatable bonds is 8. The normalized spacial score (nSPS) is 12.2.